The number of ether oxygens (including phenoxy) is 3. The van der Waals surface area contributed by atoms with E-state index in [-0.39, 0.29) is 5.92 Å². The van der Waals surface area contributed by atoms with Crippen LogP contribution in [0, 0.1) is 5.92 Å². The Morgan fingerprint density at radius 3 is 1.80 bits per heavy atom. The number of rotatable bonds is 14. The van der Waals surface area contributed by atoms with Gasteiger partial charge in [-0.15, -0.1) is 0 Å². The van der Waals surface area contributed by atoms with Crippen molar-refractivity contribution in [3.05, 3.63) is 0 Å². The van der Waals surface area contributed by atoms with Crippen molar-refractivity contribution < 1.29 is 14.2 Å². The topological polar surface area (TPSA) is 27.7 Å². The zero-order valence-corrected chi connectivity index (χ0v) is 14.7. The Bertz CT molecular complexity index is 200. The summed E-state index contributed by atoms with van der Waals surface area (Å²) in [6, 6.07) is 0. The summed E-state index contributed by atoms with van der Waals surface area (Å²) in [5, 5.41) is 0. The Labute approximate surface area is 131 Å². The van der Waals surface area contributed by atoms with Gasteiger partial charge in [-0.1, -0.05) is 45.4 Å². The summed E-state index contributed by atoms with van der Waals surface area (Å²) in [5.41, 5.74) is 0. The predicted molar refractivity (Wildman–Crippen MR) is 88.3 cm³/mol. The molecule has 122 valence electrons. The van der Waals surface area contributed by atoms with Gasteiger partial charge >= 0.3 is 0 Å². The van der Waals surface area contributed by atoms with Gasteiger partial charge in [0.1, 0.15) is 0 Å². The molecule has 0 heterocycles. The second-order valence-corrected chi connectivity index (χ2v) is 5.78. The fourth-order valence-corrected chi connectivity index (χ4v) is 2.94. The lowest BCUT2D eigenvalue weighted by Gasteiger charge is -2.36. The van der Waals surface area contributed by atoms with Gasteiger partial charge in [0.05, 0.1) is 0 Å². The molecule has 1 unspecified atom stereocenters. The molecule has 0 bridgehead atoms. The monoisotopic (exact) mass is 306 g/mol. The molecule has 0 aliphatic rings. The van der Waals surface area contributed by atoms with E-state index in [1.807, 2.05) is 0 Å². The second-order valence-electron chi connectivity index (χ2n) is 5.34. The molecule has 0 aromatic rings. The van der Waals surface area contributed by atoms with Crippen molar-refractivity contribution >= 4 is 12.6 Å². The Balaban J connectivity index is 4.25. The van der Waals surface area contributed by atoms with Gasteiger partial charge in [0, 0.05) is 27.2 Å². The lowest BCUT2D eigenvalue weighted by Crippen LogP contribution is -2.44. The van der Waals surface area contributed by atoms with E-state index >= 15 is 0 Å². The standard InChI is InChI=1S/C16H34O3S/c1-5-6-7-8-9-10-12-15(13-11-14-20)16(17-2,18-3)19-4/h15,20H,5-14H2,1-4H3. The van der Waals surface area contributed by atoms with Crippen molar-refractivity contribution in [2.75, 3.05) is 27.1 Å². The van der Waals surface area contributed by atoms with E-state index in [0.29, 0.717) is 0 Å². The average Bonchev–Trinajstić information content (AvgIpc) is 2.49. The lowest BCUT2D eigenvalue weighted by molar-refractivity contribution is -0.380. The van der Waals surface area contributed by atoms with Crippen molar-refractivity contribution in [1.29, 1.82) is 0 Å². The van der Waals surface area contributed by atoms with Crippen molar-refractivity contribution in [1.82, 2.24) is 0 Å². The van der Waals surface area contributed by atoms with Gasteiger partial charge in [0.15, 0.2) is 0 Å². The van der Waals surface area contributed by atoms with Gasteiger partial charge < -0.3 is 14.2 Å². The Morgan fingerprint density at radius 2 is 1.30 bits per heavy atom. The molecule has 0 radical (unpaired) electrons. The van der Waals surface area contributed by atoms with Gasteiger partial charge in [-0.2, -0.15) is 12.6 Å². The van der Waals surface area contributed by atoms with Crippen LogP contribution in [0.3, 0.4) is 0 Å². The maximum atomic E-state index is 5.52. The molecule has 1 atom stereocenters. The quantitative estimate of drug-likeness (QED) is 0.287. The summed E-state index contributed by atoms with van der Waals surface area (Å²) >= 11 is 4.30. The number of unbranched alkanes of at least 4 members (excludes halogenated alkanes) is 5. The molecule has 0 aromatic heterocycles. The Hall–Kier alpha value is 0.230. The normalized spacial score (nSPS) is 13.7. The molecular weight excluding hydrogens is 272 g/mol. The first-order chi connectivity index (χ1) is 9.70. The van der Waals surface area contributed by atoms with Gasteiger partial charge in [-0.3, -0.25) is 0 Å². The minimum absolute atomic E-state index is 0.265. The Kier molecular flexibility index (Phi) is 13.1. The molecule has 0 aliphatic heterocycles. The molecule has 0 N–H and O–H groups in total. The van der Waals surface area contributed by atoms with Gasteiger partial charge in [0.25, 0.3) is 5.97 Å². The van der Waals surface area contributed by atoms with Crippen LogP contribution < -0.4 is 0 Å². The third kappa shape index (κ3) is 7.30. The van der Waals surface area contributed by atoms with E-state index < -0.39 is 5.97 Å². The molecule has 0 saturated heterocycles. The zero-order chi connectivity index (χ0) is 15.3. The zero-order valence-electron chi connectivity index (χ0n) is 13.8. The number of hydrogen-bond acceptors (Lipinski definition) is 4. The number of methoxy groups -OCH3 is 3. The van der Waals surface area contributed by atoms with Crippen molar-refractivity contribution in [3.63, 3.8) is 0 Å². The maximum Gasteiger partial charge on any atom is 0.285 e. The smallest absolute Gasteiger partial charge is 0.285 e. The van der Waals surface area contributed by atoms with E-state index in [2.05, 4.69) is 19.6 Å². The second kappa shape index (κ2) is 12.9. The van der Waals surface area contributed by atoms with E-state index in [0.717, 1.165) is 25.0 Å². The molecule has 0 spiro atoms. The summed E-state index contributed by atoms with van der Waals surface area (Å²) < 4.78 is 16.6. The van der Waals surface area contributed by atoms with Crippen molar-refractivity contribution in [2.24, 2.45) is 5.92 Å². The highest BCUT2D eigenvalue weighted by molar-refractivity contribution is 7.80. The van der Waals surface area contributed by atoms with Crippen molar-refractivity contribution in [2.45, 2.75) is 70.7 Å². The van der Waals surface area contributed by atoms with E-state index in [9.17, 15) is 0 Å². The molecular formula is C16H34O3S. The molecule has 0 fully saturated rings. The SMILES string of the molecule is CCCCCCCCC(CCCS)C(OC)(OC)OC. The summed E-state index contributed by atoms with van der Waals surface area (Å²) in [6.45, 7) is 2.25. The molecule has 0 saturated carbocycles. The van der Waals surface area contributed by atoms with Crippen LogP contribution in [0.5, 0.6) is 0 Å². The predicted octanol–water partition coefficient (Wildman–Crippen LogP) is 4.66. The molecule has 0 aromatic carbocycles. The van der Waals surface area contributed by atoms with Crippen LogP contribution in [0.1, 0.15) is 64.7 Å². The first-order valence-electron chi connectivity index (χ1n) is 7.97. The first kappa shape index (κ1) is 20.2. The highest BCUT2D eigenvalue weighted by Gasteiger charge is 2.39. The van der Waals surface area contributed by atoms with Gasteiger partial charge in [0.2, 0.25) is 0 Å². The first-order valence-corrected chi connectivity index (χ1v) is 8.60. The van der Waals surface area contributed by atoms with Crippen LogP contribution in [-0.4, -0.2) is 33.1 Å². The number of thiol groups is 1. The lowest BCUT2D eigenvalue weighted by atomic mass is 9.93. The molecule has 0 rings (SSSR count). The largest absolute Gasteiger partial charge is 0.331 e. The van der Waals surface area contributed by atoms with Crippen molar-refractivity contribution in [3.8, 4) is 0 Å². The van der Waals surface area contributed by atoms with Crippen LogP contribution in [-0.2, 0) is 14.2 Å². The van der Waals surface area contributed by atoms with E-state index in [1.54, 1.807) is 21.3 Å². The fraction of sp³-hybridized carbons (Fsp3) is 1.00. The van der Waals surface area contributed by atoms with Crippen LogP contribution in [0.25, 0.3) is 0 Å². The molecule has 4 heteroatoms. The third-order valence-corrected chi connectivity index (χ3v) is 4.29. The number of hydrogen-bond donors (Lipinski definition) is 1. The summed E-state index contributed by atoms with van der Waals surface area (Å²) in [7, 11) is 4.96. The van der Waals surface area contributed by atoms with E-state index in [1.165, 1.54) is 38.5 Å². The summed E-state index contributed by atoms with van der Waals surface area (Å²) in [5.74, 6) is 0.257. The van der Waals surface area contributed by atoms with Gasteiger partial charge in [-0.05, 0) is 25.0 Å². The fourth-order valence-electron chi connectivity index (χ4n) is 2.76. The minimum Gasteiger partial charge on any atom is -0.331 e. The maximum absolute atomic E-state index is 5.52. The van der Waals surface area contributed by atoms with Crippen LogP contribution in [0.15, 0.2) is 0 Å². The Morgan fingerprint density at radius 1 is 0.800 bits per heavy atom. The molecule has 20 heavy (non-hydrogen) atoms. The van der Waals surface area contributed by atoms with E-state index in [4.69, 9.17) is 14.2 Å². The highest BCUT2D eigenvalue weighted by atomic mass is 32.1. The molecule has 0 amide bonds. The summed E-state index contributed by atoms with van der Waals surface area (Å²) in [4.78, 5) is 0. The van der Waals surface area contributed by atoms with Crippen LogP contribution in [0.4, 0.5) is 0 Å². The third-order valence-electron chi connectivity index (χ3n) is 3.97. The minimum atomic E-state index is -0.896. The molecule has 3 nitrogen and oxygen atoms in total. The van der Waals surface area contributed by atoms with Gasteiger partial charge in [-0.25, -0.2) is 0 Å². The van der Waals surface area contributed by atoms with Crippen LogP contribution >= 0.6 is 12.6 Å². The van der Waals surface area contributed by atoms with Crippen LogP contribution in [0.2, 0.25) is 0 Å². The average molecular weight is 307 g/mol. The molecule has 0 aliphatic carbocycles. The summed E-state index contributed by atoms with van der Waals surface area (Å²) in [6.07, 6.45) is 11.0. The highest BCUT2D eigenvalue weighted by Crippen LogP contribution is 2.32.